The van der Waals surface area contributed by atoms with E-state index in [-0.39, 0.29) is 24.8 Å². The first-order valence-corrected chi connectivity index (χ1v) is 9.56. The number of imidazole rings is 1. The first-order chi connectivity index (χ1) is 12.3. The van der Waals surface area contributed by atoms with Gasteiger partial charge in [-0.25, -0.2) is 4.98 Å². The van der Waals surface area contributed by atoms with Crippen molar-refractivity contribution in [2.45, 2.75) is 25.3 Å². The van der Waals surface area contributed by atoms with E-state index in [9.17, 15) is 0 Å². The molecule has 3 fully saturated rings. The number of fused-ring (bicyclic) bond motifs is 1. The maximum Gasteiger partial charge on any atom is 0.152 e. The Kier molecular flexibility index (Phi) is 6.46. The molecular weight excluding hydrogens is 385 g/mol. The van der Waals surface area contributed by atoms with E-state index in [2.05, 4.69) is 37.0 Å². The van der Waals surface area contributed by atoms with Crippen LogP contribution < -0.4 is 5.32 Å². The largest absolute Gasteiger partial charge is 0.330 e. The van der Waals surface area contributed by atoms with Crippen LogP contribution in [0.2, 0.25) is 0 Å². The van der Waals surface area contributed by atoms with Gasteiger partial charge >= 0.3 is 0 Å². The van der Waals surface area contributed by atoms with Crippen LogP contribution in [-0.2, 0) is 13.6 Å². The van der Waals surface area contributed by atoms with Crippen LogP contribution in [0, 0.1) is 17.8 Å². The molecule has 4 heterocycles. The average Bonchev–Trinajstić information content (AvgIpc) is 3.14. The van der Waals surface area contributed by atoms with E-state index < -0.39 is 0 Å². The average molecular weight is 414 g/mol. The number of likely N-dealkylation sites (tertiary alicyclic amines) is 1. The molecule has 1 unspecified atom stereocenters. The van der Waals surface area contributed by atoms with Crippen LogP contribution in [0.25, 0.3) is 0 Å². The minimum atomic E-state index is 0. The van der Waals surface area contributed by atoms with Gasteiger partial charge in [-0.2, -0.15) is 0 Å². The van der Waals surface area contributed by atoms with Crippen LogP contribution in [-0.4, -0.2) is 61.9 Å². The highest BCUT2D eigenvalue weighted by Crippen LogP contribution is 2.49. The second kappa shape index (κ2) is 8.47. The van der Waals surface area contributed by atoms with E-state index in [1.807, 2.05) is 17.1 Å². The zero-order chi connectivity index (χ0) is 16.8. The number of hydrogen-bond acceptors (Lipinski definition) is 5. The summed E-state index contributed by atoms with van der Waals surface area (Å²) in [5, 5.41) is 12.4. The summed E-state index contributed by atoms with van der Waals surface area (Å²) in [5.41, 5.74) is 0. The summed E-state index contributed by atoms with van der Waals surface area (Å²) in [4.78, 5) is 6.78. The molecule has 0 bridgehead atoms. The van der Waals surface area contributed by atoms with Crippen molar-refractivity contribution in [3.05, 3.63) is 30.4 Å². The normalized spacial score (nSPS) is 27.7. The molecule has 0 amide bonds. The molecule has 1 aliphatic carbocycles. The standard InChI is InChI=1S/C18H27N7.2ClH/c1-23-17(11-25-7-4-19-12-25)21-22-18(23)13-2-5-24(6-3-13)10-16-14-8-20-9-15(14)16;;/h4,7,12-16,20H,2-3,5-6,8-11H2,1H3;2*1H/t14-,15+,16?;;. The van der Waals surface area contributed by atoms with Crippen LogP contribution in [0.5, 0.6) is 0 Å². The Labute approximate surface area is 172 Å². The minimum Gasteiger partial charge on any atom is -0.330 e. The summed E-state index contributed by atoms with van der Waals surface area (Å²) in [6, 6.07) is 0. The van der Waals surface area contributed by atoms with Gasteiger partial charge in [-0.1, -0.05) is 0 Å². The third kappa shape index (κ3) is 4.01. The van der Waals surface area contributed by atoms with Crippen LogP contribution in [0.4, 0.5) is 0 Å². The Hall–Kier alpha value is -1.15. The molecule has 2 aromatic heterocycles. The van der Waals surface area contributed by atoms with E-state index in [0.29, 0.717) is 5.92 Å². The highest BCUT2D eigenvalue weighted by atomic mass is 35.5. The Morgan fingerprint density at radius 1 is 1.11 bits per heavy atom. The summed E-state index contributed by atoms with van der Waals surface area (Å²) in [5.74, 6) is 5.63. The molecule has 27 heavy (non-hydrogen) atoms. The molecule has 3 atom stereocenters. The Bertz CT molecular complexity index is 714. The van der Waals surface area contributed by atoms with Crippen molar-refractivity contribution in [1.29, 1.82) is 0 Å². The van der Waals surface area contributed by atoms with Crippen molar-refractivity contribution in [3.63, 3.8) is 0 Å². The lowest BCUT2D eigenvalue weighted by Gasteiger charge is -2.31. The fraction of sp³-hybridized carbons (Fsp3) is 0.722. The number of nitrogens with zero attached hydrogens (tertiary/aromatic N) is 6. The third-order valence-corrected chi connectivity index (χ3v) is 6.57. The summed E-state index contributed by atoms with van der Waals surface area (Å²) >= 11 is 0. The summed E-state index contributed by atoms with van der Waals surface area (Å²) in [7, 11) is 2.10. The van der Waals surface area contributed by atoms with Crippen LogP contribution in [0.1, 0.15) is 30.4 Å². The lowest BCUT2D eigenvalue weighted by molar-refractivity contribution is 0.193. The molecule has 3 aliphatic rings. The maximum absolute atomic E-state index is 4.52. The Morgan fingerprint density at radius 3 is 2.52 bits per heavy atom. The first kappa shape index (κ1) is 20.6. The van der Waals surface area contributed by atoms with Crippen molar-refractivity contribution in [2.24, 2.45) is 24.8 Å². The van der Waals surface area contributed by atoms with Crippen molar-refractivity contribution in [3.8, 4) is 0 Å². The number of piperidine rings is 2. The molecule has 2 aromatic rings. The van der Waals surface area contributed by atoms with Gasteiger partial charge in [-0.05, 0) is 56.8 Å². The highest BCUT2D eigenvalue weighted by Gasteiger charge is 2.52. The maximum atomic E-state index is 4.52. The zero-order valence-electron chi connectivity index (χ0n) is 15.7. The lowest BCUT2D eigenvalue weighted by Crippen LogP contribution is -2.36. The van der Waals surface area contributed by atoms with Crippen LogP contribution >= 0.6 is 24.8 Å². The van der Waals surface area contributed by atoms with E-state index in [0.717, 1.165) is 35.9 Å². The Morgan fingerprint density at radius 2 is 1.85 bits per heavy atom. The number of rotatable bonds is 5. The molecule has 2 aliphatic heterocycles. The fourth-order valence-corrected chi connectivity index (χ4v) is 4.90. The van der Waals surface area contributed by atoms with Gasteiger partial charge in [0.15, 0.2) is 5.82 Å². The molecule has 7 nitrogen and oxygen atoms in total. The number of hydrogen-bond donors (Lipinski definition) is 1. The number of halogens is 2. The summed E-state index contributed by atoms with van der Waals surface area (Å²) in [6.45, 7) is 6.97. The van der Waals surface area contributed by atoms with Gasteiger partial charge in [0, 0.05) is 31.9 Å². The van der Waals surface area contributed by atoms with E-state index >= 15 is 0 Å². The molecule has 9 heteroatoms. The second-order valence-corrected chi connectivity index (χ2v) is 7.99. The number of nitrogens with one attached hydrogen (secondary N) is 1. The summed E-state index contributed by atoms with van der Waals surface area (Å²) < 4.78 is 4.23. The quantitative estimate of drug-likeness (QED) is 0.805. The van der Waals surface area contributed by atoms with Gasteiger partial charge in [0.2, 0.25) is 0 Å². The van der Waals surface area contributed by atoms with Gasteiger partial charge in [0.05, 0.1) is 12.9 Å². The first-order valence-electron chi connectivity index (χ1n) is 9.56. The summed E-state index contributed by atoms with van der Waals surface area (Å²) in [6.07, 6.45) is 8.01. The topological polar surface area (TPSA) is 63.8 Å². The van der Waals surface area contributed by atoms with E-state index in [1.165, 1.54) is 45.6 Å². The van der Waals surface area contributed by atoms with Crippen LogP contribution in [0.3, 0.4) is 0 Å². The lowest BCUT2D eigenvalue weighted by atomic mass is 9.95. The van der Waals surface area contributed by atoms with Crippen molar-refractivity contribution < 1.29 is 0 Å². The van der Waals surface area contributed by atoms with E-state index in [1.54, 1.807) is 6.20 Å². The van der Waals surface area contributed by atoms with Gasteiger partial charge in [-0.15, -0.1) is 35.0 Å². The molecule has 5 rings (SSSR count). The molecule has 1 saturated carbocycles. The van der Waals surface area contributed by atoms with Gasteiger partial charge in [0.1, 0.15) is 5.82 Å². The smallest absolute Gasteiger partial charge is 0.152 e. The van der Waals surface area contributed by atoms with Crippen molar-refractivity contribution in [2.75, 3.05) is 32.7 Å². The SMILES string of the molecule is Cl.Cl.Cn1c(Cn2ccnc2)nnc1C1CCN(CC2[C@H]3CNC[C@@H]23)CC1. The minimum absolute atomic E-state index is 0. The number of aromatic nitrogens is 5. The van der Waals surface area contributed by atoms with Gasteiger partial charge < -0.3 is 19.4 Å². The van der Waals surface area contributed by atoms with Gasteiger partial charge in [-0.3, -0.25) is 0 Å². The fourth-order valence-electron chi connectivity index (χ4n) is 4.90. The highest BCUT2D eigenvalue weighted by molar-refractivity contribution is 5.85. The zero-order valence-corrected chi connectivity index (χ0v) is 17.3. The molecular formula is C18H29Cl2N7. The predicted octanol–water partition coefficient (Wildman–Crippen LogP) is 1.55. The molecule has 0 radical (unpaired) electrons. The van der Waals surface area contributed by atoms with Gasteiger partial charge in [0.25, 0.3) is 0 Å². The van der Waals surface area contributed by atoms with Crippen LogP contribution in [0.15, 0.2) is 18.7 Å². The predicted molar refractivity (Wildman–Crippen MR) is 109 cm³/mol. The molecule has 2 saturated heterocycles. The van der Waals surface area contributed by atoms with Crippen molar-refractivity contribution in [1.82, 2.24) is 34.5 Å². The van der Waals surface area contributed by atoms with Crippen molar-refractivity contribution >= 4 is 24.8 Å². The molecule has 150 valence electrons. The van der Waals surface area contributed by atoms with E-state index in [4.69, 9.17) is 0 Å². The molecule has 0 aromatic carbocycles. The monoisotopic (exact) mass is 413 g/mol. The third-order valence-electron chi connectivity index (χ3n) is 6.57. The second-order valence-electron chi connectivity index (χ2n) is 7.99. The molecule has 1 N–H and O–H groups in total. The molecule has 0 spiro atoms. The Balaban J connectivity index is 0.00000105.